The second-order valence-electron chi connectivity index (χ2n) is 6.15. The Morgan fingerprint density at radius 1 is 1.17 bits per heavy atom. The molecule has 24 heavy (non-hydrogen) atoms. The second kappa shape index (κ2) is 6.43. The maximum Gasteiger partial charge on any atom is 0.335 e. The molecule has 1 aliphatic heterocycles. The van der Waals surface area contributed by atoms with Gasteiger partial charge in [0.2, 0.25) is 0 Å². The van der Waals surface area contributed by atoms with Crippen molar-refractivity contribution in [3.8, 4) is 0 Å². The van der Waals surface area contributed by atoms with E-state index in [1.165, 1.54) is 17.7 Å². The molecule has 0 saturated carbocycles. The first-order valence-corrected chi connectivity index (χ1v) is 7.86. The van der Waals surface area contributed by atoms with Gasteiger partial charge >= 0.3 is 5.97 Å². The molecule has 3 rings (SSSR count). The van der Waals surface area contributed by atoms with Crippen molar-refractivity contribution in [2.75, 3.05) is 6.54 Å². The van der Waals surface area contributed by atoms with Crippen LogP contribution < -0.4 is 0 Å². The predicted octanol–water partition coefficient (Wildman–Crippen LogP) is 3.54. The van der Waals surface area contributed by atoms with E-state index in [9.17, 15) is 14.0 Å². The number of rotatable bonds is 3. The number of carbonyl (C=O) groups is 2. The third kappa shape index (κ3) is 3.02. The number of benzene rings is 2. The van der Waals surface area contributed by atoms with Crippen LogP contribution in [-0.2, 0) is 0 Å². The number of amides is 1. The summed E-state index contributed by atoms with van der Waals surface area (Å²) in [6, 6.07) is 13.4. The first-order chi connectivity index (χ1) is 11.5. The molecule has 5 heteroatoms. The van der Waals surface area contributed by atoms with Gasteiger partial charge in [-0.05, 0) is 37.1 Å². The monoisotopic (exact) mass is 327 g/mol. The fourth-order valence-corrected chi connectivity index (χ4v) is 3.26. The van der Waals surface area contributed by atoms with Crippen molar-refractivity contribution < 1.29 is 19.1 Å². The van der Waals surface area contributed by atoms with Crippen LogP contribution in [0.5, 0.6) is 0 Å². The SMILES string of the molecule is CC1CC(c2ccccc2)CN1C(=O)c1ccc(C(=O)O)cc1F. The van der Waals surface area contributed by atoms with Gasteiger partial charge < -0.3 is 10.0 Å². The smallest absolute Gasteiger partial charge is 0.335 e. The summed E-state index contributed by atoms with van der Waals surface area (Å²) in [6.45, 7) is 2.48. The van der Waals surface area contributed by atoms with Crippen molar-refractivity contribution in [3.63, 3.8) is 0 Å². The zero-order chi connectivity index (χ0) is 17.3. The lowest BCUT2D eigenvalue weighted by molar-refractivity contribution is 0.0691. The molecular formula is C19H18FNO3. The summed E-state index contributed by atoms with van der Waals surface area (Å²) in [5.74, 6) is -2.18. The standard InChI is InChI=1S/C19H18FNO3/c1-12-9-15(13-5-3-2-4-6-13)11-21(12)18(22)16-8-7-14(19(23)24)10-17(16)20/h2-8,10,12,15H,9,11H2,1H3,(H,23,24). The number of carboxylic acid groups (broad SMARTS) is 1. The molecule has 0 aromatic heterocycles. The highest BCUT2D eigenvalue weighted by Crippen LogP contribution is 2.32. The van der Waals surface area contributed by atoms with Crippen molar-refractivity contribution in [2.45, 2.75) is 25.3 Å². The molecule has 1 N–H and O–H groups in total. The number of halogens is 1. The van der Waals surface area contributed by atoms with Gasteiger partial charge in [-0.2, -0.15) is 0 Å². The van der Waals surface area contributed by atoms with Gasteiger partial charge in [-0.1, -0.05) is 30.3 Å². The molecule has 0 bridgehead atoms. The molecule has 0 aliphatic carbocycles. The first kappa shape index (κ1) is 16.2. The molecule has 2 atom stereocenters. The molecule has 2 unspecified atom stereocenters. The Morgan fingerprint density at radius 3 is 2.50 bits per heavy atom. The molecule has 1 amide bonds. The van der Waals surface area contributed by atoms with E-state index in [1.807, 2.05) is 37.3 Å². The van der Waals surface area contributed by atoms with Gasteiger partial charge in [-0.15, -0.1) is 0 Å². The Bertz CT molecular complexity index is 775. The van der Waals surface area contributed by atoms with Crippen LogP contribution in [0.3, 0.4) is 0 Å². The number of hydrogen-bond acceptors (Lipinski definition) is 2. The minimum atomic E-state index is -1.22. The number of aromatic carboxylic acids is 1. The average Bonchev–Trinajstić information content (AvgIpc) is 2.97. The van der Waals surface area contributed by atoms with E-state index in [-0.39, 0.29) is 23.1 Å². The molecule has 2 aromatic carbocycles. The van der Waals surface area contributed by atoms with Crippen molar-refractivity contribution in [2.24, 2.45) is 0 Å². The normalized spacial score (nSPS) is 20.2. The molecule has 1 fully saturated rings. The highest BCUT2D eigenvalue weighted by Gasteiger charge is 2.34. The van der Waals surface area contributed by atoms with Crippen molar-refractivity contribution in [1.82, 2.24) is 4.90 Å². The lowest BCUT2D eigenvalue weighted by Gasteiger charge is -2.22. The highest BCUT2D eigenvalue weighted by atomic mass is 19.1. The Morgan fingerprint density at radius 2 is 1.88 bits per heavy atom. The number of carbonyl (C=O) groups excluding carboxylic acids is 1. The van der Waals surface area contributed by atoms with Crippen LogP contribution in [0.2, 0.25) is 0 Å². The summed E-state index contributed by atoms with van der Waals surface area (Å²) < 4.78 is 14.2. The minimum absolute atomic E-state index is 0.00116. The number of likely N-dealkylation sites (tertiary alicyclic amines) is 1. The third-order valence-electron chi connectivity index (χ3n) is 4.55. The third-order valence-corrected chi connectivity index (χ3v) is 4.55. The number of hydrogen-bond donors (Lipinski definition) is 1. The average molecular weight is 327 g/mol. The van der Waals surface area contributed by atoms with E-state index in [2.05, 4.69) is 0 Å². The van der Waals surface area contributed by atoms with E-state index in [0.29, 0.717) is 6.54 Å². The Hall–Kier alpha value is -2.69. The van der Waals surface area contributed by atoms with Crippen LogP contribution in [0.1, 0.15) is 45.5 Å². The summed E-state index contributed by atoms with van der Waals surface area (Å²) in [4.78, 5) is 25.2. The summed E-state index contributed by atoms with van der Waals surface area (Å²) in [7, 11) is 0. The van der Waals surface area contributed by atoms with Gasteiger partial charge in [-0.3, -0.25) is 4.79 Å². The fraction of sp³-hybridized carbons (Fsp3) is 0.263. The molecule has 0 spiro atoms. The summed E-state index contributed by atoms with van der Waals surface area (Å²) in [5, 5.41) is 8.89. The van der Waals surface area contributed by atoms with Crippen molar-refractivity contribution >= 4 is 11.9 Å². The van der Waals surface area contributed by atoms with Crippen LogP contribution >= 0.6 is 0 Å². The van der Waals surface area contributed by atoms with Crippen LogP contribution in [-0.4, -0.2) is 34.5 Å². The Balaban J connectivity index is 1.82. The van der Waals surface area contributed by atoms with Gasteiger partial charge in [0.05, 0.1) is 11.1 Å². The zero-order valence-corrected chi connectivity index (χ0v) is 13.3. The van der Waals surface area contributed by atoms with Gasteiger partial charge in [0, 0.05) is 18.5 Å². The lowest BCUT2D eigenvalue weighted by atomic mass is 9.97. The highest BCUT2D eigenvalue weighted by molar-refractivity contribution is 5.96. The molecule has 124 valence electrons. The summed E-state index contributed by atoms with van der Waals surface area (Å²) >= 11 is 0. The topological polar surface area (TPSA) is 57.6 Å². The fourth-order valence-electron chi connectivity index (χ4n) is 3.26. The van der Waals surface area contributed by atoms with E-state index in [4.69, 9.17) is 5.11 Å². The molecule has 2 aromatic rings. The van der Waals surface area contributed by atoms with E-state index < -0.39 is 17.7 Å². The quantitative estimate of drug-likeness (QED) is 0.938. The molecule has 4 nitrogen and oxygen atoms in total. The van der Waals surface area contributed by atoms with E-state index >= 15 is 0 Å². The van der Waals surface area contributed by atoms with Crippen LogP contribution in [0.15, 0.2) is 48.5 Å². The molecule has 1 saturated heterocycles. The zero-order valence-electron chi connectivity index (χ0n) is 13.3. The Labute approximate surface area is 139 Å². The van der Waals surface area contributed by atoms with E-state index in [0.717, 1.165) is 12.5 Å². The van der Waals surface area contributed by atoms with Gasteiger partial charge in [0.15, 0.2) is 0 Å². The minimum Gasteiger partial charge on any atom is -0.478 e. The van der Waals surface area contributed by atoms with Gasteiger partial charge in [-0.25, -0.2) is 9.18 Å². The summed E-state index contributed by atoms with van der Waals surface area (Å²) in [6.07, 6.45) is 0.824. The Kier molecular flexibility index (Phi) is 4.34. The predicted molar refractivity (Wildman–Crippen MR) is 87.7 cm³/mol. The molecular weight excluding hydrogens is 309 g/mol. The van der Waals surface area contributed by atoms with Gasteiger partial charge in [0.25, 0.3) is 5.91 Å². The van der Waals surface area contributed by atoms with Crippen LogP contribution in [0.25, 0.3) is 0 Å². The summed E-state index contributed by atoms with van der Waals surface area (Å²) in [5.41, 5.74) is 0.919. The maximum atomic E-state index is 14.2. The number of carboxylic acids is 1. The van der Waals surface area contributed by atoms with Crippen LogP contribution in [0.4, 0.5) is 4.39 Å². The second-order valence-corrected chi connectivity index (χ2v) is 6.15. The molecule has 1 aliphatic rings. The van der Waals surface area contributed by atoms with Crippen LogP contribution in [0, 0.1) is 5.82 Å². The number of nitrogens with zero attached hydrogens (tertiary/aromatic N) is 1. The maximum absolute atomic E-state index is 14.2. The van der Waals surface area contributed by atoms with Crippen molar-refractivity contribution in [3.05, 3.63) is 71.0 Å². The van der Waals surface area contributed by atoms with Crippen molar-refractivity contribution in [1.29, 1.82) is 0 Å². The largest absolute Gasteiger partial charge is 0.478 e. The lowest BCUT2D eigenvalue weighted by Crippen LogP contribution is -2.34. The first-order valence-electron chi connectivity index (χ1n) is 7.86. The van der Waals surface area contributed by atoms with E-state index in [1.54, 1.807) is 4.90 Å². The molecule has 0 radical (unpaired) electrons. The van der Waals surface area contributed by atoms with Gasteiger partial charge in [0.1, 0.15) is 5.82 Å². The molecule has 1 heterocycles.